The number of H-pyrrole nitrogens is 1. The molecule has 166 valence electrons. The van der Waals surface area contributed by atoms with E-state index in [9.17, 15) is 9.90 Å². The van der Waals surface area contributed by atoms with Gasteiger partial charge in [0.2, 0.25) is 11.9 Å². The summed E-state index contributed by atoms with van der Waals surface area (Å²) in [4.78, 5) is 23.7. The standard InChI is InChI=1S/C20H23N9O2S/c30-12-8-15(18(31)24-20-21-5-7-32-20)28(10-12)19-23-17(14-2-1-6-29(14)27-19)22-16-9-13(25-26-16)11-3-4-11/h1-2,6,9,11-12,15,30H,3-5,7-8,10H2,(H,21,24,31)(H2,22,23,25,26,27)/t12-,15-/m0/s1. The average Bonchev–Trinajstić information content (AvgIpc) is 3.21. The molecule has 11 nitrogen and oxygen atoms in total. The molecule has 1 saturated carbocycles. The van der Waals surface area contributed by atoms with Gasteiger partial charge >= 0.3 is 0 Å². The van der Waals surface area contributed by atoms with Gasteiger partial charge in [0.05, 0.1) is 12.6 Å². The SMILES string of the molecule is O=C(NC1=NCCS1)[C@@H]1C[C@H](O)CN1c1nc(Nc2cc(C3CC3)[nH]n2)c2cccn2n1. The number of anilines is 3. The Hall–Kier alpha value is -3.12. The van der Waals surface area contributed by atoms with Crippen molar-refractivity contribution >= 4 is 45.9 Å². The molecule has 2 aliphatic heterocycles. The Balaban J connectivity index is 1.30. The van der Waals surface area contributed by atoms with Gasteiger partial charge in [0.25, 0.3) is 0 Å². The van der Waals surface area contributed by atoms with Crippen LogP contribution in [0.4, 0.5) is 17.6 Å². The van der Waals surface area contributed by atoms with Gasteiger partial charge in [0, 0.05) is 42.6 Å². The van der Waals surface area contributed by atoms with Crippen molar-refractivity contribution in [2.24, 2.45) is 4.99 Å². The highest BCUT2D eigenvalue weighted by Crippen LogP contribution is 2.39. The highest BCUT2D eigenvalue weighted by atomic mass is 32.2. The molecule has 2 atom stereocenters. The molecule has 1 amide bonds. The number of β-amino-alcohol motifs (C(OH)–C–C–N with tert-alkyl or cyclic N) is 1. The van der Waals surface area contributed by atoms with Crippen LogP contribution in [0, 0.1) is 0 Å². The van der Waals surface area contributed by atoms with Crippen LogP contribution >= 0.6 is 11.8 Å². The third kappa shape index (κ3) is 3.69. The van der Waals surface area contributed by atoms with Gasteiger partial charge in [-0.15, -0.1) is 5.10 Å². The fourth-order valence-corrected chi connectivity index (χ4v) is 4.88. The number of aromatic nitrogens is 5. The van der Waals surface area contributed by atoms with E-state index in [0.717, 1.165) is 17.0 Å². The van der Waals surface area contributed by atoms with E-state index in [2.05, 4.69) is 30.9 Å². The molecule has 0 unspecified atom stereocenters. The number of aliphatic hydroxyl groups excluding tert-OH is 1. The van der Waals surface area contributed by atoms with E-state index in [4.69, 9.17) is 4.98 Å². The molecule has 0 aromatic carbocycles. The Labute approximate surface area is 187 Å². The molecule has 0 radical (unpaired) electrons. The first-order valence-corrected chi connectivity index (χ1v) is 11.7. The summed E-state index contributed by atoms with van der Waals surface area (Å²) in [7, 11) is 0. The highest BCUT2D eigenvalue weighted by Gasteiger charge is 2.38. The van der Waals surface area contributed by atoms with Gasteiger partial charge in [-0.2, -0.15) is 10.1 Å². The Morgan fingerprint density at radius 2 is 2.25 bits per heavy atom. The zero-order valence-corrected chi connectivity index (χ0v) is 18.0. The molecule has 3 aliphatic rings. The number of aliphatic hydroxyl groups is 1. The van der Waals surface area contributed by atoms with Crippen molar-refractivity contribution in [3.05, 3.63) is 30.1 Å². The van der Waals surface area contributed by atoms with Crippen LogP contribution in [0.25, 0.3) is 5.52 Å². The quantitative estimate of drug-likeness (QED) is 0.453. The summed E-state index contributed by atoms with van der Waals surface area (Å²) < 4.78 is 1.72. The predicted molar refractivity (Wildman–Crippen MR) is 121 cm³/mol. The van der Waals surface area contributed by atoms with Crippen LogP contribution in [0.1, 0.15) is 30.9 Å². The fraction of sp³-hybridized carbons (Fsp3) is 0.450. The first kappa shape index (κ1) is 19.6. The molecular weight excluding hydrogens is 430 g/mol. The van der Waals surface area contributed by atoms with Gasteiger partial charge in [-0.1, -0.05) is 11.8 Å². The summed E-state index contributed by atoms with van der Waals surface area (Å²) in [6.45, 7) is 0.980. The number of hydrogen-bond acceptors (Lipinski definition) is 9. The molecule has 3 aromatic heterocycles. The molecule has 0 spiro atoms. The summed E-state index contributed by atoms with van der Waals surface area (Å²) in [6.07, 6.45) is 3.87. The number of amidine groups is 1. The predicted octanol–water partition coefficient (Wildman–Crippen LogP) is 1.23. The summed E-state index contributed by atoms with van der Waals surface area (Å²) in [5.74, 6) is 2.87. The van der Waals surface area contributed by atoms with E-state index in [0.29, 0.717) is 41.6 Å². The first-order valence-electron chi connectivity index (χ1n) is 10.7. The number of aliphatic imine (C=N–C) groups is 1. The van der Waals surface area contributed by atoms with Crippen LogP contribution in [-0.4, -0.2) is 72.0 Å². The lowest BCUT2D eigenvalue weighted by molar-refractivity contribution is -0.120. The van der Waals surface area contributed by atoms with Crippen LogP contribution in [0.2, 0.25) is 0 Å². The second kappa shape index (κ2) is 7.78. The minimum Gasteiger partial charge on any atom is -0.391 e. The average molecular weight is 454 g/mol. The molecule has 6 rings (SSSR count). The molecule has 0 bridgehead atoms. The van der Waals surface area contributed by atoms with Crippen LogP contribution in [0.5, 0.6) is 0 Å². The lowest BCUT2D eigenvalue weighted by Crippen LogP contribution is -2.45. The largest absolute Gasteiger partial charge is 0.391 e. The number of fused-ring (bicyclic) bond motifs is 1. The summed E-state index contributed by atoms with van der Waals surface area (Å²) in [5, 5.41) is 29.2. The number of nitrogens with zero attached hydrogens (tertiary/aromatic N) is 6. The lowest BCUT2D eigenvalue weighted by Gasteiger charge is -2.24. The molecule has 32 heavy (non-hydrogen) atoms. The zero-order valence-electron chi connectivity index (χ0n) is 17.2. The first-order chi connectivity index (χ1) is 15.6. The molecular formula is C20H23N9O2S. The van der Waals surface area contributed by atoms with Crippen LogP contribution in [0.3, 0.4) is 0 Å². The third-order valence-corrected chi connectivity index (χ3v) is 6.79. The normalized spacial score (nSPS) is 23.0. The third-order valence-electron chi connectivity index (χ3n) is 5.90. The maximum Gasteiger partial charge on any atom is 0.248 e. The van der Waals surface area contributed by atoms with Gasteiger partial charge in [0.15, 0.2) is 16.8 Å². The van der Waals surface area contributed by atoms with Gasteiger partial charge in [-0.25, -0.2) is 4.52 Å². The second-order valence-electron chi connectivity index (χ2n) is 8.29. The maximum absolute atomic E-state index is 12.9. The van der Waals surface area contributed by atoms with Crippen molar-refractivity contribution in [1.82, 2.24) is 30.1 Å². The molecule has 12 heteroatoms. The summed E-state index contributed by atoms with van der Waals surface area (Å²) in [6, 6.07) is 5.23. The van der Waals surface area contributed by atoms with E-state index < -0.39 is 12.1 Å². The van der Waals surface area contributed by atoms with E-state index >= 15 is 0 Å². The van der Waals surface area contributed by atoms with Crippen molar-refractivity contribution in [2.45, 2.75) is 37.3 Å². The monoisotopic (exact) mass is 453 g/mol. The molecule has 3 aromatic rings. The Morgan fingerprint density at radius 3 is 3.06 bits per heavy atom. The van der Waals surface area contributed by atoms with E-state index in [1.807, 2.05) is 24.4 Å². The number of rotatable bonds is 5. The maximum atomic E-state index is 12.9. The summed E-state index contributed by atoms with van der Waals surface area (Å²) >= 11 is 1.52. The molecule has 1 saturated heterocycles. The van der Waals surface area contributed by atoms with E-state index in [-0.39, 0.29) is 12.5 Å². The topological polar surface area (TPSA) is 136 Å². The molecule has 5 heterocycles. The number of amides is 1. The second-order valence-corrected chi connectivity index (χ2v) is 9.37. The molecule has 1 aliphatic carbocycles. The van der Waals surface area contributed by atoms with E-state index in [1.165, 1.54) is 24.6 Å². The highest BCUT2D eigenvalue weighted by molar-refractivity contribution is 8.14. The Bertz CT molecular complexity index is 1200. The summed E-state index contributed by atoms with van der Waals surface area (Å²) in [5.41, 5.74) is 1.92. The van der Waals surface area contributed by atoms with Crippen molar-refractivity contribution in [3.8, 4) is 0 Å². The number of aromatic amines is 1. The molecule has 2 fully saturated rings. The van der Waals surface area contributed by atoms with Crippen molar-refractivity contribution in [3.63, 3.8) is 0 Å². The van der Waals surface area contributed by atoms with Crippen LogP contribution in [-0.2, 0) is 4.79 Å². The minimum absolute atomic E-state index is 0.207. The van der Waals surface area contributed by atoms with Crippen molar-refractivity contribution < 1.29 is 9.90 Å². The van der Waals surface area contributed by atoms with Gasteiger partial charge < -0.3 is 20.6 Å². The number of carbonyl (C=O) groups excluding carboxylic acids is 1. The zero-order chi connectivity index (χ0) is 21.7. The van der Waals surface area contributed by atoms with Crippen molar-refractivity contribution in [2.75, 3.05) is 29.1 Å². The Morgan fingerprint density at radius 1 is 1.34 bits per heavy atom. The van der Waals surface area contributed by atoms with Crippen LogP contribution < -0.4 is 15.5 Å². The Kier molecular flexibility index (Phi) is 4.76. The lowest BCUT2D eigenvalue weighted by atomic mass is 10.2. The smallest absolute Gasteiger partial charge is 0.248 e. The number of carbonyl (C=O) groups is 1. The van der Waals surface area contributed by atoms with E-state index in [1.54, 1.807) is 9.42 Å². The molecule has 4 N–H and O–H groups in total. The van der Waals surface area contributed by atoms with Gasteiger partial charge in [0.1, 0.15) is 11.6 Å². The van der Waals surface area contributed by atoms with Gasteiger partial charge in [-0.05, 0) is 25.0 Å². The fourth-order valence-electron chi connectivity index (χ4n) is 4.14. The number of hydrogen-bond donors (Lipinski definition) is 4. The van der Waals surface area contributed by atoms with Crippen molar-refractivity contribution in [1.29, 1.82) is 0 Å². The number of nitrogens with one attached hydrogen (secondary N) is 3. The number of thioether (sulfide) groups is 1. The minimum atomic E-state index is -0.642. The van der Waals surface area contributed by atoms with Gasteiger partial charge in [-0.3, -0.25) is 14.9 Å². The van der Waals surface area contributed by atoms with Crippen LogP contribution in [0.15, 0.2) is 29.4 Å².